The van der Waals surface area contributed by atoms with Crippen LogP contribution in [0.25, 0.3) is 0 Å². The number of nitrogens with two attached hydrogens (primary N) is 1. The predicted molar refractivity (Wildman–Crippen MR) is 77.5 cm³/mol. The van der Waals surface area contributed by atoms with Crippen LogP contribution in [0.1, 0.15) is 59.2 Å². The van der Waals surface area contributed by atoms with Crippen LogP contribution < -0.4 is 5.73 Å². The smallest absolute Gasteiger partial charge is 0.0628 e. The normalized spacial score (nSPS) is 14.2. The topological polar surface area (TPSA) is 43.8 Å². The number of aromatic nitrogens is 2. The van der Waals surface area contributed by atoms with Crippen LogP contribution in [0.4, 0.5) is 0 Å². The SMILES string of the molecule is CCC(CC)n1ccc(CC(CN)C(C)(C)C)n1. The van der Waals surface area contributed by atoms with Gasteiger partial charge in [0.15, 0.2) is 0 Å². The molecule has 18 heavy (non-hydrogen) atoms. The zero-order valence-corrected chi connectivity index (χ0v) is 12.6. The van der Waals surface area contributed by atoms with Crippen molar-refractivity contribution in [3.05, 3.63) is 18.0 Å². The van der Waals surface area contributed by atoms with Gasteiger partial charge in [-0.25, -0.2) is 0 Å². The molecule has 3 nitrogen and oxygen atoms in total. The van der Waals surface area contributed by atoms with Crippen molar-refractivity contribution in [2.75, 3.05) is 6.54 Å². The summed E-state index contributed by atoms with van der Waals surface area (Å²) in [5.74, 6) is 0.488. The van der Waals surface area contributed by atoms with Gasteiger partial charge in [-0.05, 0) is 43.2 Å². The second-order valence-corrected chi connectivity index (χ2v) is 6.26. The van der Waals surface area contributed by atoms with Gasteiger partial charge in [-0.2, -0.15) is 5.10 Å². The van der Waals surface area contributed by atoms with Crippen molar-refractivity contribution < 1.29 is 0 Å². The number of rotatable bonds is 6. The first-order valence-corrected chi connectivity index (χ1v) is 7.16. The summed E-state index contributed by atoms with van der Waals surface area (Å²) in [6, 6.07) is 2.68. The van der Waals surface area contributed by atoms with Crippen LogP contribution in [0.15, 0.2) is 12.3 Å². The molecule has 0 saturated carbocycles. The highest BCUT2D eigenvalue weighted by molar-refractivity contribution is 5.02. The zero-order valence-electron chi connectivity index (χ0n) is 12.6. The number of hydrogen-bond donors (Lipinski definition) is 1. The maximum atomic E-state index is 5.89. The summed E-state index contributed by atoms with van der Waals surface area (Å²) in [4.78, 5) is 0. The van der Waals surface area contributed by atoms with Crippen molar-refractivity contribution in [3.8, 4) is 0 Å². The molecule has 0 aliphatic heterocycles. The third-order valence-corrected chi connectivity index (χ3v) is 3.94. The molecule has 0 aliphatic carbocycles. The van der Waals surface area contributed by atoms with E-state index in [1.54, 1.807) is 0 Å². The first-order chi connectivity index (χ1) is 8.42. The van der Waals surface area contributed by atoms with Crippen LogP contribution in [0.2, 0.25) is 0 Å². The van der Waals surface area contributed by atoms with E-state index in [9.17, 15) is 0 Å². The third kappa shape index (κ3) is 3.84. The fourth-order valence-electron chi connectivity index (χ4n) is 2.35. The molecule has 0 amide bonds. The second-order valence-electron chi connectivity index (χ2n) is 6.26. The average molecular weight is 251 g/mol. The van der Waals surface area contributed by atoms with Gasteiger partial charge in [0.05, 0.1) is 11.7 Å². The summed E-state index contributed by atoms with van der Waals surface area (Å²) in [5.41, 5.74) is 7.31. The van der Waals surface area contributed by atoms with Gasteiger partial charge in [-0.15, -0.1) is 0 Å². The van der Waals surface area contributed by atoms with Gasteiger partial charge in [0.25, 0.3) is 0 Å². The van der Waals surface area contributed by atoms with Gasteiger partial charge in [0.2, 0.25) is 0 Å². The van der Waals surface area contributed by atoms with Gasteiger partial charge >= 0.3 is 0 Å². The maximum absolute atomic E-state index is 5.89. The molecule has 1 unspecified atom stereocenters. The van der Waals surface area contributed by atoms with Gasteiger partial charge in [-0.3, -0.25) is 4.68 Å². The van der Waals surface area contributed by atoms with Crippen LogP contribution in [-0.2, 0) is 6.42 Å². The molecule has 0 aromatic carbocycles. The maximum Gasteiger partial charge on any atom is 0.0628 e. The summed E-state index contributed by atoms with van der Waals surface area (Å²) in [6.45, 7) is 11.9. The molecule has 0 aliphatic rings. The first kappa shape index (κ1) is 15.2. The van der Waals surface area contributed by atoms with Crippen molar-refractivity contribution in [3.63, 3.8) is 0 Å². The minimum absolute atomic E-state index is 0.243. The lowest BCUT2D eigenvalue weighted by molar-refractivity contribution is 0.243. The van der Waals surface area contributed by atoms with Gasteiger partial charge < -0.3 is 5.73 Å². The Hall–Kier alpha value is -0.830. The van der Waals surface area contributed by atoms with Crippen LogP contribution >= 0.6 is 0 Å². The van der Waals surface area contributed by atoms with Gasteiger partial charge in [0, 0.05) is 6.20 Å². The molecule has 0 fully saturated rings. The summed E-state index contributed by atoms with van der Waals surface area (Å²) in [6.07, 6.45) is 5.37. The van der Waals surface area contributed by atoms with Crippen molar-refractivity contribution in [1.29, 1.82) is 0 Å². The monoisotopic (exact) mass is 251 g/mol. The molecule has 0 saturated heterocycles. The average Bonchev–Trinajstić information content (AvgIpc) is 2.74. The molecule has 3 heteroatoms. The van der Waals surface area contributed by atoms with Crippen LogP contribution in [0.3, 0.4) is 0 Å². The van der Waals surface area contributed by atoms with E-state index in [0.29, 0.717) is 12.0 Å². The molecule has 104 valence electrons. The molecular formula is C15H29N3. The largest absolute Gasteiger partial charge is 0.330 e. The minimum atomic E-state index is 0.243. The third-order valence-electron chi connectivity index (χ3n) is 3.94. The van der Waals surface area contributed by atoms with Crippen molar-refractivity contribution in [2.24, 2.45) is 17.1 Å². The molecule has 1 aromatic heterocycles. The van der Waals surface area contributed by atoms with Gasteiger partial charge in [0.1, 0.15) is 0 Å². The number of hydrogen-bond acceptors (Lipinski definition) is 2. The summed E-state index contributed by atoms with van der Waals surface area (Å²) in [5, 5.41) is 4.71. The Balaban J connectivity index is 2.74. The van der Waals surface area contributed by atoms with E-state index in [0.717, 1.165) is 25.8 Å². The molecule has 1 aromatic rings. The van der Waals surface area contributed by atoms with E-state index in [4.69, 9.17) is 10.8 Å². The van der Waals surface area contributed by atoms with Crippen LogP contribution in [0.5, 0.6) is 0 Å². The summed E-state index contributed by atoms with van der Waals surface area (Å²) in [7, 11) is 0. The minimum Gasteiger partial charge on any atom is -0.330 e. The Morgan fingerprint density at radius 3 is 2.33 bits per heavy atom. The van der Waals surface area contributed by atoms with Crippen molar-refractivity contribution >= 4 is 0 Å². The Morgan fingerprint density at radius 1 is 1.28 bits per heavy atom. The lowest BCUT2D eigenvalue weighted by Gasteiger charge is -2.29. The molecular weight excluding hydrogens is 222 g/mol. The van der Waals surface area contributed by atoms with E-state index in [-0.39, 0.29) is 5.41 Å². The van der Waals surface area contributed by atoms with Crippen molar-refractivity contribution in [1.82, 2.24) is 9.78 Å². The Morgan fingerprint density at radius 2 is 1.89 bits per heavy atom. The zero-order chi connectivity index (χ0) is 13.8. The predicted octanol–water partition coefficient (Wildman–Crippen LogP) is 3.41. The second kappa shape index (κ2) is 6.37. The van der Waals surface area contributed by atoms with E-state index in [1.165, 1.54) is 5.69 Å². The summed E-state index contributed by atoms with van der Waals surface area (Å²) < 4.78 is 2.12. The van der Waals surface area contributed by atoms with E-state index < -0.39 is 0 Å². The Labute approximate surface area is 112 Å². The van der Waals surface area contributed by atoms with Crippen molar-refractivity contribution in [2.45, 2.75) is 59.9 Å². The standard InChI is InChI=1S/C15H29N3/c1-6-14(7-2)18-9-8-13(17-18)10-12(11-16)15(3,4)5/h8-9,12,14H,6-7,10-11,16H2,1-5H3. The Kier molecular flexibility index (Phi) is 5.39. The summed E-state index contributed by atoms with van der Waals surface area (Å²) >= 11 is 0. The van der Waals surface area contributed by atoms with Gasteiger partial charge in [-0.1, -0.05) is 34.6 Å². The molecule has 1 rings (SSSR count). The molecule has 2 N–H and O–H groups in total. The highest BCUT2D eigenvalue weighted by Gasteiger charge is 2.24. The molecule has 0 bridgehead atoms. The van der Waals surface area contributed by atoms with Crippen LogP contribution in [0, 0.1) is 11.3 Å². The highest BCUT2D eigenvalue weighted by Crippen LogP contribution is 2.28. The lowest BCUT2D eigenvalue weighted by atomic mass is 9.78. The quantitative estimate of drug-likeness (QED) is 0.842. The molecule has 1 heterocycles. The molecule has 1 atom stereocenters. The van der Waals surface area contributed by atoms with Crippen LogP contribution in [-0.4, -0.2) is 16.3 Å². The van der Waals surface area contributed by atoms with E-state index in [1.807, 2.05) is 0 Å². The fraction of sp³-hybridized carbons (Fsp3) is 0.800. The lowest BCUT2D eigenvalue weighted by Crippen LogP contribution is -2.30. The number of nitrogens with zero attached hydrogens (tertiary/aromatic N) is 2. The molecule has 0 radical (unpaired) electrons. The van der Waals surface area contributed by atoms with E-state index >= 15 is 0 Å². The highest BCUT2D eigenvalue weighted by atomic mass is 15.3. The first-order valence-electron chi connectivity index (χ1n) is 7.16. The van der Waals surface area contributed by atoms with E-state index in [2.05, 4.69) is 51.6 Å². The molecule has 0 spiro atoms. The fourth-order valence-corrected chi connectivity index (χ4v) is 2.35. The Bertz CT molecular complexity index is 345.